The van der Waals surface area contributed by atoms with Gasteiger partial charge in [-0.25, -0.2) is 14.4 Å². The summed E-state index contributed by atoms with van der Waals surface area (Å²) in [5.74, 6) is 1.01. The van der Waals surface area contributed by atoms with Gasteiger partial charge in [-0.05, 0) is 43.5 Å². The van der Waals surface area contributed by atoms with Gasteiger partial charge in [0.05, 0.1) is 5.69 Å². The Labute approximate surface area is 123 Å². The zero-order valence-corrected chi connectivity index (χ0v) is 11.9. The highest BCUT2D eigenvalue weighted by Gasteiger charge is 2.20. The molecule has 0 unspecified atom stereocenters. The van der Waals surface area contributed by atoms with Gasteiger partial charge in [0.2, 0.25) is 5.95 Å². The van der Waals surface area contributed by atoms with Crippen LogP contribution in [0.5, 0.6) is 0 Å². The van der Waals surface area contributed by atoms with Crippen LogP contribution in [0.2, 0.25) is 0 Å². The van der Waals surface area contributed by atoms with E-state index < -0.39 is 0 Å². The molecule has 1 saturated heterocycles. The van der Waals surface area contributed by atoms with Crippen molar-refractivity contribution in [2.75, 3.05) is 24.5 Å². The van der Waals surface area contributed by atoms with E-state index in [2.05, 4.69) is 14.9 Å². The van der Waals surface area contributed by atoms with Crippen LogP contribution in [0.4, 0.5) is 10.3 Å². The van der Waals surface area contributed by atoms with Crippen LogP contribution < -0.4 is 10.6 Å². The first-order valence-corrected chi connectivity index (χ1v) is 7.31. The number of hydrogen-bond donors (Lipinski definition) is 1. The van der Waals surface area contributed by atoms with Crippen molar-refractivity contribution >= 4 is 5.95 Å². The van der Waals surface area contributed by atoms with Gasteiger partial charge in [0.15, 0.2) is 0 Å². The first-order valence-electron chi connectivity index (χ1n) is 7.31. The number of hydrogen-bond acceptors (Lipinski definition) is 4. The van der Waals surface area contributed by atoms with Crippen LogP contribution >= 0.6 is 0 Å². The molecule has 1 aromatic heterocycles. The van der Waals surface area contributed by atoms with E-state index in [1.54, 1.807) is 24.4 Å². The molecule has 110 valence electrons. The Balaban J connectivity index is 1.83. The van der Waals surface area contributed by atoms with Gasteiger partial charge in [0.1, 0.15) is 5.82 Å². The number of piperidine rings is 1. The smallest absolute Gasteiger partial charge is 0.225 e. The standard InChI is InChI=1S/C16H19FN4/c17-14-4-2-1-3-13(14)15-5-8-19-16(20-15)21-9-6-12(11-18)7-10-21/h1-5,8,12H,6-7,9-11,18H2. The Morgan fingerprint density at radius 1 is 1.19 bits per heavy atom. The number of benzene rings is 1. The lowest BCUT2D eigenvalue weighted by Crippen LogP contribution is -2.37. The van der Waals surface area contributed by atoms with Gasteiger partial charge in [0, 0.05) is 24.8 Å². The SMILES string of the molecule is NCC1CCN(c2nccc(-c3ccccc3F)n2)CC1. The summed E-state index contributed by atoms with van der Waals surface area (Å²) >= 11 is 0. The summed E-state index contributed by atoms with van der Waals surface area (Å²) in [6.07, 6.45) is 3.81. The Hall–Kier alpha value is -2.01. The van der Waals surface area contributed by atoms with Gasteiger partial charge in [-0.3, -0.25) is 0 Å². The third-order valence-electron chi connectivity index (χ3n) is 4.02. The maximum Gasteiger partial charge on any atom is 0.225 e. The number of rotatable bonds is 3. The van der Waals surface area contributed by atoms with Crippen LogP contribution in [0.25, 0.3) is 11.3 Å². The van der Waals surface area contributed by atoms with E-state index in [-0.39, 0.29) is 5.82 Å². The van der Waals surface area contributed by atoms with Crippen LogP contribution in [-0.4, -0.2) is 29.6 Å². The van der Waals surface area contributed by atoms with E-state index in [0.717, 1.165) is 32.5 Å². The van der Waals surface area contributed by atoms with Crippen molar-refractivity contribution in [3.63, 3.8) is 0 Å². The van der Waals surface area contributed by atoms with Gasteiger partial charge < -0.3 is 10.6 Å². The molecule has 2 aromatic rings. The molecule has 0 bridgehead atoms. The molecule has 1 fully saturated rings. The second-order valence-electron chi connectivity index (χ2n) is 5.39. The largest absolute Gasteiger partial charge is 0.341 e. The van der Waals surface area contributed by atoms with Gasteiger partial charge in [0.25, 0.3) is 0 Å². The van der Waals surface area contributed by atoms with E-state index in [4.69, 9.17) is 5.73 Å². The molecule has 0 atom stereocenters. The maximum absolute atomic E-state index is 13.9. The van der Waals surface area contributed by atoms with Gasteiger partial charge in [-0.1, -0.05) is 12.1 Å². The molecule has 1 aliphatic heterocycles. The fourth-order valence-electron chi connectivity index (χ4n) is 2.69. The lowest BCUT2D eigenvalue weighted by molar-refractivity contribution is 0.411. The fraction of sp³-hybridized carbons (Fsp3) is 0.375. The molecule has 1 aliphatic rings. The summed E-state index contributed by atoms with van der Waals surface area (Å²) in [4.78, 5) is 11.0. The van der Waals surface area contributed by atoms with Gasteiger partial charge in [-0.15, -0.1) is 0 Å². The lowest BCUT2D eigenvalue weighted by Gasteiger charge is -2.31. The average molecular weight is 286 g/mol. The quantitative estimate of drug-likeness (QED) is 0.941. The lowest BCUT2D eigenvalue weighted by atomic mass is 9.97. The molecule has 0 aliphatic carbocycles. The summed E-state index contributed by atoms with van der Waals surface area (Å²) in [6, 6.07) is 8.42. The second-order valence-corrected chi connectivity index (χ2v) is 5.39. The van der Waals surface area contributed by atoms with Crippen LogP contribution in [0.15, 0.2) is 36.5 Å². The first kappa shape index (κ1) is 13.9. The van der Waals surface area contributed by atoms with Crippen molar-refractivity contribution in [2.45, 2.75) is 12.8 Å². The Kier molecular flexibility index (Phi) is 4.10. The first-order chi connectivity index (χ1) is 10.3. The molecular weight excluding hydrogens is 267 g/mol. The topological polar surface area (TPSA) is 55.0 Å². The molecule has 2 N–H and O–H groups in total. The normalized spacial score (nSPS) is 16.2. The molecule has 0 saturated carbocycles. The minimum Gasteiger partial charge on any atom is -0.341 e. The highest BCUT2D eigenvalue weighted by molar-refractivity contribution is 5.60. The van der Waals surface area contributed by atoms with Crippen molar-refractivity contribution in [1.82, 2.24) is 9.97 Å². The Bertz CT molecular complexity index is 609. The van der Waals surface area contributed by atoms with Crippen molar-refractivity contribution in [2.24, 2.45) is 11.7 Å². The average Bonchev–Trinajstić information content (AvgIpc) is 2.55. The van der Waals surface area contributed by atoms with Crippen molar-refractivity contribution < 1.29 is 4.39 Å². The fourth-order valence-corrected chi connectivity index (χ4v) is 2.69. The van der Waals surface area contributed by atoms with Crippen LogP contribution in [0, 0.1) is 11.7 Å². The number of aromatic nitrogens is 2. The van der Waals surface area contributed by atoms with E-state index in [9.17, 15) is 4.39 Å². The zero-order chi connectivity index (χ0) is 14.7. The summed E-state index contributed by atoms with van der Waals surface area (Å²) in [6.45, 7) is 2.55. The van der Waals surface area contributed by atoms with E-state index >= 15 is 0 Å². The maximum atomic E-state index is 13.9. The molecule has 0 radical (unpaired) electrons. The highest BCUT2D eigenvalue weighted by atomic mass is 19.1. The zero-order valence-electron chi connectivity index (χ0n) is 11.9. The third-order valence-corrected chi connectivity index (χ3v) is 4.02. The minimum atomic E-state index is -0.260. The number of nitrogens with two attached hydrogens (primary N) is 1. The summed E-state index contributed by atoms with van der Waals surface area (Å²) < 4.78 is 13.9. The van der Waals surface area contributed by atoms with E-state index in [1.807, 2.05) is 6.07 Å². The predicted octanol–water partition coefficient (Wildman–Crippen LogP) is 2.46. The number of halogens is 1. The predicted molar refractivity (Wildman–Crippen MR) is 81.4 cm³/mol. The second kappa shape index (κ2) is 6.18. The molecule has 1 aromatic carbocycles. The molecule has 5 heteroatoms. The summed E-state index contributed by atoms with van der Waals surface area (Å²) in [5, 5.41) is 0. The van der Waals surface area contributed by atoms with Crippen LogP contribution in [-0.2, 0) is 0 Å². The molecule has 4 nitrogen and oxygen atoms in total. The molecule has 3 rings (SSSR count). The number of nitrogens with zero attached hydrogens (tertiary/aromatic N) is 3. The molecule has 2 heterocycles. The number of anilines is 1. The van der Waals surface area contributed by atoms with E-state index in [1.165, 1.54) is 6.07 Å². The minimum absolute atomic E-state index is 0.260. The van der Waals surface area contributed by atoms with Crippen molar-refractivity contribution in [3.8, 4) is 11.3 Å². The van der Waals surface area contributed by atoms with Gasteiger partial charge >= 0.3 is 0 Å². The Morgan fingerprint density at radius 3 is 2.67 bits per heavy atom. The van der Waals surface area contributed by atoms with Crippen molar-refractivity contribution in [1.29, 1.82) is 0 Å². The molecular formula is C16H19FN4. The molecule has 0 spiro atoms. The van der Waals surface area contributed by atoms with Crippen molar-refractivity contribution in [3.05, 3.63) is 42.3 Å². The Morgan fingerprint density at radius 2 is 1.95 bits per heavy atom. The summed E-state index contributed by atoms with van der Waals surface area (Å²) in [7, 11) is 0. The molecule has 0 amide bonds. The monoisotopic (exact) mass is 286 g/mol. The van der Waals surface area contributed by atoms with Crippen LogP contribution in [0.3, 0.4) is 0 Å². The van der Waals surface area contributed by atoms with Crippen LogP contribution in [0.1, 0.15) is 12.8 Å². The van der Waals surface area contributed by atoms with Gasteiger partial charge in [-0.2, -0.15) is 0 Å². The highest BCUT2D eigenvalue weighted by Crippen LogP contribution is 2.24. The third kappa shape index (κ3) is 3.03. The molecule has 21 heavy (non-hydrogen) atoms. The van der Waals surface area contributed by atoms with E-state index in [0.29, 0.717) is 23.1 Å². The summed E-state index contributed by atoms with van der Waals surface area (Å²) in [5.41, 5.74) is 6.85.